The van der Waals surface area contributed by atoms with E-state index in [0.29, 0.717) is 23.2 Å². The Kier molecular flexibility index (Phi) is 19.6. The van der Waals surface area contributed by atoms with Crippen molar-refractivity contribution in [2.45, 2.75) is 105 Å². The molecule has 1 amide bonds. The molecule has 0 spiro atoms. The molecule has 4 aromatic rings. The molecule has 0 heterocycles. The van der Waals surface area contributed by atoms with Gasteiger partial charge in [0, 0.05) is 14.1 Å². The summed E-state index contributed by atoms with van der Waals surface area (Å²) in [6.45, 7) is 17.8. The van der Waals surface area contributed by atoms with Gasteiger partial charge >= 0.3 is 34.5 Å². The van der Waals surface area contributed by atoms with E-state index in [1.54, 1.807) is 42.5 Å². The molecule has 2 fully saturated rings. The number of benzene rings is 4. The van der Waals surface area contributed by atoms with E-state index in [-0.39, 0.29) is 15.1 Å². The molecule has 6 rings (SSSR count). The number of hydrogen-bond donors (Lipinski definition) is 0. The first-order valence-electron chi connectivity index (χ1n) is 20.8. The van der Waals surface area contributed by atoms with Crippen LogP contribution in [0.15, 0.2) is 48.5 Å². The fourth-order valence-electron chi connectivity index (χ4n) is 10.2. The van der Waals surface area contributed by atoms with E-state index < -0.39 is 15.8 Å². The van der Waals surface area contributed by atoms with Gasteiger partial charge in [-0.15, -0.1) is 0 Å². The molecular weight excluding hydrogens is 916 g/mol. The molecule has 0 aromatic heterocycles. The van der Waals surface area contributed by atoms with Crippen molar-refractivity contribution in [1.82, 2.24) is 4.90 Å². The zero-order valence-corrected chi connectivity index (χ0v) is 43.3. The molecule has 2 aliphatic rings. The number of ether oxygens (including phenoxy) is 4. The summed E-state index contributed by atoms with van der Waals surface area (Å²) >= 11 is -0.346. The third-order valence-electron chi connectivity index (χ3n) is 12.2. The van der Waals surface area contributed by atoms with Gasteiger partial charge in [-0.1, -0.05) is 12.8 Å². The van der Waals surface area contributed by atoms with Crippen LogP contribution in [0.2, 0.25) is 0 Å². The van der Waals surface area contributed by atoms with Crippen LogP contribution in [-0.2, 0) is 19.9 Å². The van der Waals surface area contributed by atoms with Crippen LogP contribution in [0.1, 0.15) is 83.0 Å². The van der Waals surface area contributed by atoms with Gasteiger partial charge in [-0.25, -0.2) is 0 Å². The summed E-state index contributed by atoms with van der Waals surface area (Å²) in [6.07, 6.45) is 8.56. The van der Waals surface area contributed by atoms with Crippen molar-refractivity contribution in [3.63, 3.8) is 0 Å². The van der Waals surface area contributed by atoms with Gasteiger partial charge in [0.2, 0.25) is 6.41 Å². The van der Waals surface area contributed by atoms with E-state index in [0.717, 1.165) is 29.4 Å². The molecule has 4 aromatic carbocycles. The van der Waals surface area contributed by atoms with Crippen LogP contribution in [0.25, 0.3) is 0 Å². The summed E-state index contributed by atoms with van der Waals surface area (Å²) in [5.41, 5.74) is 11.1. The van der Waals surface area contributed by atoms with Crippen LogP contribution >= 0.6 is 35.2 Å². The third-order valence-corrected chi connectivity index (χ3v) is 18.1. The zero-order valence-electron chi connectivity index (χ0n) is 38.2. The maximum absolute atomic E-state index is 9.43. The fraction of sp³-hybridized carbons (Fsp3) is 0.490. The predicted octanol–water partition coefficient (Wildman–Crippen LogP) is 11.2. The number of carbonyl (C=O) groups excluding carboxylic acids is 1. The van der Waals surface area contributed by atoms with Gasteiger partial charge in [-0.05, 0) is 234 Å². The van der Waals surface area contributed by atoms with Gasteiger partial charge < -0.3 is 23.8 Å². The number of amides is 1. The molecule has 0 bridgehead atoms. The third kappa shape index (κ3) is 11.6. The van der Waals surface area contributed by atoms with E-state index in [4.69, 9.17) is 38.3 Å². The van der Waals surface area contributed by atoms with Crippen molar-refractivity contribution in [3.8, 4) is 23.0 Å². The summed E-state index contributed by atoms with van der Waals surface area (Å²) in [4.78, 5) is 10.9. The molecule has 2 aliphatic carbocycles. The van der Waals surface area contributed by atoms with Crippen LogP contribution in [0.4, 0.5) is 0 Å². The molecule has 4 atom stereocenters. The second-order valence-corrected chi connectivity index (χ2v) is 24.1. The maximum atomic E-state index is 9.43. The minimum atomic E-state index is -0.625. The average molecular weight is 984 g/mol. The summed E-state index contributed by atoms with van der Waals surface area (Å²) in [5, 5.41) is 5.97. The van der Waals surface area contributed by atoms with Crippen molar-refractivity contribution < 1.29 is 38.9 Å². The summed E-state index contributed by atoms with van der Waals surface area (Å²) < 4.78 is 23.5. The van der Waals surface area contributed by atoms with Crippen LogP contribution < -0.4 is 40.2 Å². The number of carbonyl (C=O) groups is 1. The second kappa shape index (κ2) is 23.3. The van der Waals surface area contributed by atoms with E-state index in [1.807, 2.05) is 0 Å². The number of hydrogen-bond acceptors (Lipinski definition) is 5. The Morgan fingerprint density at radius 3 is 0.867 bits per heavy atom. The van der Waals surface area contributed by atoms with Crippen molar-refractivity contribution in [2.75, 3.05) is 42.5 Å². The molecule has 330 valence electrons. The fourth-order valence-corrected chi connectivity index (χ4v) is 17.4. The topological polar surface area (TPSA) is 57.2 Å². The first-order valence-corrected chi connectivity index (χ1v) is 28.1. The zero-order chi connectivity index (χ0) is 44.4. The number of nitrogens with zero attached hydrogens (tertiary/aromatic N) is 1. The van der Waals surface area contributed by atoms with Crippen molar-refractivity contribution in [1.29, 1.82) is 0 Å². The van der Waals surface area contributed by atoms with E-state index in [1.165, 1.54) is 109 Å². The minimum absolute atomic E-state index is 0.346. The first-order chi connectivity index (χ1) is 28.6. The molecule has 60 heavy (non-hydrogen) atoms. The number of halogens is 2. The molecule has 0 unspecified atom stereocenters. The van der Waals surface area contributed by atoms with Crippen molar-refractivity contribution in [2.24, 2.45) is 11.8 Å². The standard InChI is InChI=1S/C46H60O4P2.C3H7NO.2ClH.Ru/c1-27-19-35(20-28(2)43(27)47-9)51(36-21-29(3)44(48-10)30(4)22-36)41-17-13-15-39(41)40-16-14-18-42(40)52(37-23-31(5)45(49-11)32(6)24-37)38-25-33(7)46(50-12)34(8)26-38;1-4(2)3-5;;;/h19-26,39-42H,13-18H2,1-12H3;3H,1-2H3;2*1H;/q;;;;+2/p-2/t39-,40-,41-,42-;;;;/m0..../s1. The molecular formula is C49H67Cl2NO5P2Ru. The van der Waals surface area contributed by atoms with Gasteiger partial charge in [0.05, 0.1) is 28.4 Å². The van der Waals surface area contributed by atoms with E-state index >= 15 is 0 Å². The number of rotatable bonds is 12. The monoisotopic (exact) mass is 983 g/mol. The Bertz CT molecular complexity index is 1730. The first kappa shape index (κ1) is 50.3. The molecule has 0 aliphatic heterocycles. The summed E-state index contributed by atoms with van der Waals surface area (Å²) in [5.74, 6) is 5.41. The van der Waals surface area contributed by atoms with Crippen LogP contribution in [0.3, 0.4) is 0 Å². The molecule has 0 radical (unpaired) electrons. The molecule has 0 saturated heterocycles. The van der Waals surface area contributed by atoms with E-state index in [9.17, 15) is 4.79 Å². The quantitative estimate of drug-likeness (QED) is 0.0804. The number of methoxy groups -OCH3 is 4. The van der Waals surface area contributed by atoms with Gasteiger partial charge in [0.25, 0.3) is 0 Å². The molecule has 2 saturated carbocycles. The second-order valence-electron chi connectivity index (χ2n) is 16.6. The molecule has 0 N–H and O–H groups in total. The molecule has 11 heteroatoms. The SMILES string of the molecule is CN(C)C=O.COc1c(C)cc(P(c2cc(C)c(OC)c(C)c2)[C@H]2CCC[C@H]2[C@@H]2CCC[C@@H]2P(c2cc(C)c(OC)c(C)c2)c2cc(C)c(OC)c(C)c2)cc1C.[Cl][Ru][Cl]. The van der Waals surface area contributed by atoms with Gasteiger partial charge in [0.15, 0.2) is 0 Å². The van der Waals surface area contributed by atoms with E-state index in [2.05, 4.69) is 104 Å². The van der Waals surface area contributed by atoms with Crippen molar-refractivity contribution in [3.05, 3.63) is 93.0 Å². The van der Waals surface area contributed by atoms with Crippen LogP contribution in [0.5, 0.6) is 23.0 Å². The van der Waals surface area contributed by atoms with Gasteiger partial charge in [-0.3, -0.25) is 4.79 Å². The van der Waals surface area contributed by atoms with Crippen LogP contribution in [-0.4, -0.2) is 65.2 Å². The number of aryl methyl sites for hydroxylation is 8. The summed E-state index contributed by atoms with van der Waals surface area (Å²) in [7, 11) is 19.0. The Morgan fingerprint density at radius 1 is 0.500 bits per heavy atom. The normalized spacial score (nSPS) is 18.4. The van der Waals surface area contributed by atoms with Crippen molar-refractivity contribution >= 4 is 62.9 Å². The Labute approximate surface area is 380 Å². The summed E-state index contributed by atoms with van der Waals surface area (Å²) in [6, 6.07) is 19.6. The predicted molar refractivity (Wildman–Crippen MR) is 256 cm³/mol. The Morgan fingerprint density at radius 2 is 0.700 bits per heavy atom. The Balaban J connectivity index is 0.000000911. The van der Waals surface area contributed by atoms with Gasteiger partial charge in [0.1, 0.15) is 23.0 Å². The van der Waals surface area contributed by atoms with Crippen LogP contribution in [0, 0.1) is 67.2 Å². The Hall–Kier alpha value is -2.39. The molecule has 6 nitrogen and oxygen atoms in total. The van der Waals surface area contributed by atoms with Gasteiger partial charge in [-0.2, -0.15) is 0 Å². The average Bonchev–Trinajstić information content (AvgIpc) is 3.85.